The lowest BCUT2D eigenvalue weighted by Crippen LogP contribution is -2.10. The number of rotatable bonds is 12. The monoisotopic (exact) mass is 912 g/mol. The van der Waals surface area contributed by atoms with E-state index < -0.39 is 27.8 Å². The van der Waals surface area contributed by atoms with Crippen LogP contribution < -0.4 is 10.5 Å². The zero-order chi connectivity index (χ0) is 47.4. The first-order valence-corrected chi connectivity index (χ1v) is 22.3. The van der Waals surface area contributed by atoms with E-state index in [4.69, 9.17) is 24.0 Å². The third kappa shape index (κ3) is 9.61. The number of anilines is 2. The summed E-state index contributed by atoms with van der Waals surface area (Å²) in [5, 5.41) is 1.08. The summed E-state index contributed by atoms with van der Waals surface area (Å²) >= 11 is 0. The fourth-order valence-electron chi connectivity index (χ4n) is 7.45. The van der Waals surface area contributed by atoms with Crippen molar-refractivity contribution in [1.29, 1.82) is 0 Å². The molecule has 0 unspecified atom stereocenters. The molecule has 0 radical (unpaired) electrons. The van der Waals surface area contributed by atoms with Gasteiger partial charge in [0, 0.05) is 63.7 Å². The van der Waals surface area contributed by atoms with Crippen LogP contribution in [0.2, 0.25) is 0 Å². The maximum Gasteiger partial charge on any atom is 0.337 e. The van der Waals surface area contributed by atoms with Crippen LogP contribution in [0.1, 0.15) is 68.1 Å². The van der Waals surface area contributed by atoms with Crippen molar-refractivity contribution in [1.82, 2.24) is 0 Å². The molecular formula is C51H42F2N2O10S. The first-order chi connectivity index (χ1) is 31.5. The van der Waals surface area contributed by atoms with E-state index in [1.807, 2.05) is 6.07 Å². The van der Waals surface area contributed by atoms with Crippen molar-refractivity contribution < 1.29 is 54.7 Å². The maximum absolute atomic E-state index is 13.5. The number of sulfonamides is 1. The Labute approximate surface area is 378 Å². The van der Waals surface area contributed by atoms with Crippen molar-refractivity contribution >= 4 is 66.8 Å². The van der Waals surface area contributed by atoms with Crippen molar-refractivity contribution in [2.45, 2.75) is 26.7 Å². The molecule has 12 nitrogen and oxygen atoms in total. The molecule has 6 aromatic carbocycles. The number of esters is 2. The minimum atomic E-state index is -3.68. The number of hydrogen-bond donors (Lipinski definition) is 2. The van der Waals surface area contributed by atoms with E-state index in [2.05, 4.69) is 4.72 Å². The van der Waals surface area contributed by atoms with E-state index in [1.165, 1.54) is 56.7 Å². The van der Waals surface area contributed by atoms with Crippen molar-refractivity contribution in [2.24, 2.45) is 0 Å². The average Bonchev–Trinajstić information content (AvgIpc) is 3.88. The molecule has 0 aliphatic rings. The first kappa shape index (κ1) is 46.1. The van der Waals surface area contributed by atoms with Gasteiger partial charge in [-0.3, -0.25) is 14.3 Å². The highest BCUT2D eigenvalue weighted by molar-refractivity contribution is 7.92. The molecule has 2 aromatic heterocycles. The van der Waals surface area contributed by atoms with E-state index in [9.17, 15) is 36.4 Å². The molecular weight excluding hydrogens is 871 g/mol. The zero-order valence-corrected chi connectivity index (χ0v) is 37.1. The van der Waals surface area contributed by atoms with Crippen LogP contribution in [0.25, 0.3) is 66.8 Å². The Morgan fingerprint density at radius 3 is 1.44 bits per heavy atom. The predicted molar refractivity (Wildman–Crippen MR) is 249 cm³/mol. The maximum atomic E-state index is 13.5. The average molecular weight is 913 g/mol. The number of benzene rings is 6. The number of fused-ring (bicyclic) bond motifs is 2. The minimum Gasteiger partial charge on any atom is -0.465 e. The summed E-state index contributed by atoms with van der Waals surface area (Å²) in [5.41, 5.74) is 12.5. The van der Waals surface area contributed by atoms with Gasteiger partial charge in [-0.05, 0) is 96.1 Å². The van der Waals surface area contributed by atoms with Gasteiger partial charge in [0.15, 0.2) is 11.6 Å². The van der Waals surface area contributed by atoms with Crippen LogP contribution in [-0.4, -0.2) is 52.4 Å². The van der Waals surface area contributed by atoms with E-state index in [1.54, 1.807) is 86.6 Å². The molecule has 0 saturated carbocycles. The molecule has 15 heteroatoms. The summed E-state index contributed by atoms with van der Waals surface area (Å²) in [4.78, 5) is 49.8. The molecule has 0 bridgehead atoms. The van der Waals surface area contributed by atoms with E-state index in [0.717, 1.165) is 6.26 Å². The van der Waals surface area contributed by atoms with Crippen LogP contribution in [0.5, 0.6) is 0 Å². The van der Waals surface area contributed by atoms with Gasteiger partial charge in [-0.15, -0.1) is 0 Å². The molecule has 0 spiro atoms. The summed E-state index contributed by atoms with van der Waals surface area (Å²) in [6.45, 7) is 3.49. The number of nitrogens with two attached hydrogens (primary N) is 1. The van der Waals surface area contributed by atoms with Gasteiger partial charge in [-0.25, -0.2) is 26.8 Å². The molecule has 2 heterocycles. The normalized spacial score (nSPS) is 11.2. The van der Waals surface area contributed by atoms with Gasteiger partial charge in [-0.2, -0.15) is 0 Å². The van der Waals surface area contributed by atoms with Crippen molar-refractivity contribution in [3.05, 3.63) is 155 Å². The second-order valence-corrected chi connectivity index (χ2v) is 16.8. The van der Waals surface area contributed by atoms with Gasteiger partial charge in [0.05, 0.1) is 48.4 Å². The van der Waals surface area contributed by atoms with Crippen LogP contribution >= 0.6 is 0 Å². The Kier molecular flexibility index (Phi) is 13.3. The first-order valence-electron chi connectivity index (χ1n) is 20.4. The van der Waals surface area contributed by atoms with Gasteiger partial charge in [0.25, 0.3) is 0 Å². The number of ketones is 2. The summed E-state index contributed by atoms with van der Waals surface area (Å²) in [7, 11) is -1.09. The fraction of sp³-hybridized carbons (Fsp3) is 0.137. The van der Waals surface area contributed by atoms with Crippen LogP contribution in [0, 0.1) is 11.6 Å². The summed E-state index contributed by atoms with van der Waals surface area (Å²) < 4.78 is 75.2. The van der Waals surface area contributed by atoms with Crippen LogP contribution in [0.4, 0.5) is 20.2 Å². The molecule has 0 atom stereocenters. The number of furan rings is 2. The smallest absolute Gasteiger partial charge is 0.337 e. The van der Waals surface area contributed by atoms with E-state index in [0.29, 0.717) is 77.9 Å². The van der Waals surface area contributed by atoms with Gasteiger partial charge in [0.2, 0.25) is 10.0 Å². The Balaban J connectivity index is 0.000000198. The standard InChI is InChI=1S/C26H22FNO6S.C25H20FNO4/c1-4-22(29)24-20-13-19(16-6-5-7-17(12-16)26(30)33-2)21(28-35(3,31)32)14-23(20)34-25(24)15-8-10-18(27)11-9-15;1-3-21(28)23-19-12-18(15-5-4-6-16(11-15)25(29)30-2)20(27)13-22(19)31-24(23)14-7-9-17(26)10-8-14/h5-14,28H,4H2,1-3H3;4-13H,3,27H2,1-2H3. The summed E-state index contributed by atoms with van der Waals surface area (Å²) in [6, 6.07) is 31.4. The molecule has 66 heavy (non-hydrogen) atoms. The third-order valence-corrected chi connectivity index (χ3v) is 11.2. The Hall–Kier alpha value is -7.91. The lowest BCUT2D eigenvalue weighted by atomic mass is 9.96. The molecule has 0 amide bonds. The highest BCUT2D eigenvalue weighted by atomic mass is 32.2. The number of halogens is 2. The lowest BCUT2D eigenvalue weighted by Gasteiger charge is -2.12. The Bertz CT molecular complexity index is 3300. The van der Waals surface area contributed by atoms with E-state index >= 15 is 0 Å². The largest absolute Gasteiger partial charge is 0.465 e. The highest BCUT2D eigenvalue weighted by Crippen LogP contribution is 2.42. The summed E-state index contributed by atoms with van der Waals surface area (Å²) in [5.74, 6) is -1.46. The Morgan fingerprint density at radius 2 is 1.02 bits per heavy atom. The van der Waals surface area contributed by atoms with E-state index in [-0.39, 0.29) is 52.8 Å². The molecule has 0 saturated heterocycles. The SMILES string of the molecule is CCC(=O)c1c(-c2ccc(F)cc2)oc2cc(N)c(-c3cccc(C(=O)OC)c3)cc12.CCC(=O)c1c(-c2ccc(F)cc2)oc2cc(NS(C)(=O)=O)c(-c3cccc(C(=O)OC)c3)cc12. The van der Waals surface area contributed by atoms with Crippen molar-refractivity contribution in [3.8, 4) is 44.9 Å². The number of hydrogen-bond acceptors (Lipinski definition) is 11. The highest BCUT2D eigenvalue weighted by Gasteiger charge is 2.25. The van der Waals surface area contributed by atoms with Gasteiger partial charge >= 0.3 is 11.9 Å². The molecule has 0 fully saturated rings. The molecule has 8 aromatic rings. The molecule has 8 rings (SSSR count). The number of nitrogens with one attached hydrogen (secondary N) is 1. The quantitative estimate of drug-likeness (QED) is 0.0675. The lowest BCUT2D eigenvalue weighted by molar-refractivity contribution is 0.0592. The number of ether oxygens (including phenoxy) is 2. The summed E-state index contributed by atoms with van der Waals surface area (Å²) in [6.07, 6.45) is 1.49. The number of carbonyl (C=O) groups excluding carboxylic acids is 4. The second kappa shape index (κ2) is 19.1. The number of Topliss-reactive ketones (excluding diaryl/α,β-unsaturated/α-hetero) is 2. The second-order valence-electron chi connectivity index (χ2n) is 15.0. The zero-order valence-electron chi connectivity index (χ0n) is 36.3. The molecule has 336 valence electrons. The van der Waals surface area contributed by atoms with Crippen molar-refractivity contribution in [2.75, 3.05) is 30.9 Å². The fourth-order valence-corrected chi connectivity index (χ4v) is 8.02. The van der Waals surface area contributed by atoms with Crippen LogP contribution in [0.3, 0.4) is 0 Å². The predicted octanol–water partition coefficient (Wildman–Crippen LogP) is 11.5. The number of carbonyl (C=O) groups is 4. The van der Waals surface area contributed by atoms with Gasteiger partial charge in [-0.1, -0.05) is 38.1 Å². The Morgan fingerprint density at radius 1 is 0.591 bits per heavy atom. The topological polar surface area (TPSA) is 185 Å². The van der Waals surface area contributed by atoms with Crippen LogP contribution in [-0.2, 0) is 19.5 Å². The number of methoxy groups -OCH3 is 2. The van der Waals surface area contributed by atoms with Crippen molar-refractivity contribution in [3.63, 3.8) is 0 Å². The van der Waals surface area contributed by atoms with Gasteiger partial charge in [0.1, 0.15) is 34.3 Å². The molecule has 3 N–H and O–H groups in total. The number of nitrogen functional groups attached to an aromatic ring is 1. The van der Waals surface area contributed by atoms with Crippen LogP contribution in [0.15, 0.2) is 130 Å². The minimum absolute atomic E-state index is 0.0999. The molecule has 0 aliphatic carbocycles. The molecule has 0 aliphatic heterocycles. The van der Waals surface area contributed by atoms with Gasteiger partial charge < -0.3 is 24.0 Å². The third-order valence-electron chi connectivity index (χ3n) is 10.6.